The molecule has 5 aromatic carbocycles. The molecule has 0 atom stereocenters. The minimum atomic E-state index is -1.35. The number of methoxy groups -OCH3 is 1. The van der Waals surface area contributed by atoms with Crippen LogP contribution < -0.4 is 18.9 Å². The van der Waals surface area contributed by atoms with Crippen LogP contribution in [-0.4, -0.2) is 38.9 Å². The molecule has 290 valence electrons. The first-order valence-electron chi connectivity index (χ1n) is 19.0. The zero-order valence-electron chi connectivity index (χ0n) is 33.0. The van der Waals surface area contributed by atoms with E-state index in [0.717, 1.165) is 39.4 Å². The number of esters is 1. The predicted octanol–water partition coefficient (Wildman–Crippen LogP) is 11.1. The highest BCUT2D eigenvalue weighted by molar-refractivity contribution is 6.76. The lowest BCUT2D eigenvalue weighted by Crippen LogP contribution is -2.22. The van der Waals surface area contributed by atoms with E-state index in [2.05, 4.69) is 19.6 Å². The lowest BCUT2D eigenvalue weighted by molar-refractivity contribution is 0.0474. The lowest BCUT2D eigenvalue weighted by Gasteiger charge is -2.17. The van der Waals surface area contributed by atoms with Crippen LogP contribution in [-0.2, 0) is 36.0 Å². The van der Waals surface area contributed by atoms with Crippen LogP contribution in [0.5, 0.6) is 23.0 Å². The third-order valence-corrected chi connectivity index (χ3v) is 10.9. The Morgan fingerprint density at radius 3 is 1.66 bits per heavy atom. The molecule has 0 aliphatic rings. The zero-order valence-corrected chi connectivity index (χ0v) is 34.0. The summed E-state index contributed by atoms with van der Waals surface area (Å²) in [5.74, 6) is 1.86. The molecule has 0 fully saturated rings. The van der Waals surface area contributed by atoms with Gasteiger partial charge in [-0.2, -0.15) is 0 Å². The van der Waals surface area contributed by atoms with Crippen LogP contribution in [0.1, 0.15) is 34.1 Å². The van der Waals surface area contributed by atoms with E-state index in [-0.39, 0.29) is 13.3 Å². The van der Waals surface area contributed by atoms with Crippen LogP contribution in [0, 0.1) is 0 Å². The van der Waals surface area contributed by atoms with Crippen LogP contribution >= 0.6 is 0 Å². The highest BCUT2D eigenvalue weighted by Gasteiger charge is 2.27. The van der Waals surface area contributed by atoms with Crippen molar-refractivity contribution in [2.24, 2.45) is 0 Å². The van der Waals surface area contributed by atoms with Gasteiger partial charge >= 0.3 is 5.97 Å². The van der Waals surface area contributed by atoms with Gasteiger partial charge in [-0.1, -0.05) is 123 Å². The number of nitrogens with zero attached hydrogens (tertiary/aromatic N) is 1. The fourth-order valence-corrected chi connectivity index (χ4v) is 6.94. The third kappa shape index (κ3) is 10.7. The van der Waals surface area contributed by atoms with Gasteiger partial charge in [0, 0.05) is 32.0 Å². The first kappa shape index (κ1) is 39.9. The number of ether oxygens (including phenoxy) is 6. The van der Waals surface area contributed by atoms with Crippen molar-refractivity contribution < 1.29 is 33.2 Å². The third-order valence-electron chi connectivity index (χ3n) is 9.19. The molecular formula is C47H51NO7Si. The van der Waals surface area contributed by atoms with Crippen molar-refractivity contribution in [3.8, 4) is 45.3 Å². The van der Waals surface area contributed by atoms with E-state index < -0.39 is 14.0 Å². The van der Waals surface area contributed by atoms with Gasteiger partial charge in [0.05, 0.1) is 13.7 Å². The Labute approximate surface area is 331 Å². The van der Waals surface area contributed by atoms with Gasteiger partial charge in [-0.15, -0.1) is 0 Å². The summed E-state index contributed by atoms with van der Waals surface area (Å²) in [4.78, 5) is 14.0. The van der Waals surface area contributed by atoms with E-state index in [1.54, 1.807) is 7.11 Å². The van der Waals surface area contributed by atoms with Crippen molar-refractivity contribution in [1.82, 2.24) is 4.57 Å². The largest absolute Gasteiger partial charge is 0.493 e. The lowest BCUT2D eigenvalue weighted by atomic mass is 9.96. The molecule has 0 aliphatic heterocycles. The van der Waals surface area contributed by atoms with Gasteiger partial charge in [0.1, 0.15) is 32.2 Å². The van der Waals surface area contributed by atoms with Gasteiger partial charge in [0.25, 0.3) is 0 Å². The number of hydrogen-bond acceptors (Lipinski definition) is 7. The molecule has 0 saturated carbocycles. The van der Waals surface area contributed by atoms with E-state index >= 15 is 0 Å². The number of rotatable bonds is 19. The number of benzene rings is 5. The average molecular weight is 770 g/mol. The van der Waals surface area contributed by atoms with E-state index in [0.29, 0.717) is 60.7 Å². The first-order valence-corrected chi connectivity index (χ1v) is 22.7. The minimum absolute atomic E-state index is 0.175. The van der Waals surface area contributed by atoms with Gasteiger partial charge in [-0.3, -0.25) is 0 Å². The molecule has 9 heteroatoms. The van der Waals surface area contributed by atoms with Crippen LogP contribution in [0.2, 0.25) is 25.7 Å². The normalized spacial score (nSPS) is 11.2. The Bertz CT molecular complexity index is 2160. The molecule has 56 heavy (non-hydrogen) atoms. The molecule has 0 amide bonds. The minimum Gasteiger partial charge on any atom is -0.493 e. The summed E-state index contributed by atoms with van der Waals surface area (Å²) in [5, 5.41) is 0. The molecule has 0 saturated heterocycles. The van der Waals surface area contributed by atoms with Crippen LogP contribution in [0.4, 0.5) is 0 Å². The van der Waals surface area contributed by atoms with E-state index in [1.165, 1.54) is 0 Å². The molecule has 0 aliphatic carbocycles. The summed E-state index contributed by atoms with van der Waals surface area (Å²) in [6.07, 6.45) is 1.96. The fraction of sp³-hybridized carbons (Fsp3) is 0.255. The molecule has 0 unspecified atom stereocenters. The maximum atomic E-state index is 14.0. The SMILES string of the molecule is CCOC(=O)c1c(-c2ccc(OC)c(OCc3ccccc3)c2)c(-c2ccc(OCc3ccccc3)c(OCc3ccccc3)c2)cn1COCC[Si](C)(C)C. The maximum Gasteiger partial charge on any atom is 0.355 e. The van der Waals surface area contributed by atoms with Crippen molar-refractivity contribution in [2.75, 3.05) is 20.3 Å². The molecule has 8 nitrogen and oxygen atoms in total. The standard InChI is InChI=1S/C47H51NO7Si/c1-6-52-47(49)46-45(39-23-24-41(50-2)43(29-39)54-32-36-18-12-8-13-19-36)40(30-48(46)34-51-26-27-56(3,4)5)38-22-25-42(53-31-35-16-10-7-11-17-35)44(28-38)55-33-37-20-14-9-15-21-37/h7-25,28-30H,6,26-27,31-34H2,1-5H3. The summed E-state index contributed by atoms with van der Waals surface area (Å²) in [7, 11) is 0.265. The second kappa shape index (κ2) is 19.2. The highest BCUT2D eigenvalue weighted by atomic mass is 28.3. The van der Waals surface area contributed by atoms with Crippen molar-refractivity contribution >= 4 is 14.0 Å². The molecular weight excluding hydrogens is 719 g/mol. The zero-order chi connectivity index (χ0) is 39.3. The molecule has 1 heterocycles. The molecule has 0 N–H and O–H groups in total. The monoisotopic (exact) mass is 769 g/mol. The van der Waals surface area contributed by atoms with Crippen LogP contribution in [0.15, 0.2) is 134 Å². The van der Waals surface area contributed by atoms with Crippen molar-refractivity contribution in [3.05, 3.63) is 156 Å². The first-order chi connectivity index (χ1) is 27.2. The fourth-order valence-electron chi connectivity index (χ4n) is 6.19. The van der Waals surface area contributed by atoms with Crippen LogP contribution in [0.3, 0.4) is 0 Å². The second-order valence-electron chi connectivity index (χ2n) is 14.7. The topological polar surface area (TPSA) is 77.4 Å². The van der Waals surface area contributed by atoms with Crippen molar-refractivity contribution in [1.29, 1.82) is 0 Å². The van der Waals surface area contributed by atoms with Gasteiger partial charge in [0.15, 0.2) is 23.0 Å². The second-order valence-corrected chi connectivity index (χ2v) is 20.3. The summed E-state index contributed by atoms with van der Waals surface area (Å²) in [6, 6.07) is 42.7. The summed E-state index contributed by atoms with van der Waals surface area (Å²) in [5.41, 5.74) is 6.52. The quantitative estimate of drug-likeness (QED) is 0.0461. The molecule has 1 aromatic heterocycles. The number of carbonyl (C=O) groups excluding carboxylic acids is 1. The van der Waals surface area contributed by atoms with Gasteiger partial charge in [-0.25, -0.2) is 4.79 Å². The molecule has 6 aromatic rings. The smallest absolute Gasteiger partial charge is 0.355 e. The number of hydrogen-bond donors (Lipinski definition) is 0. The van der Waals surface area contributed by atoms with Crippen LogP contribution in [0.25, 0.3) is 22.3 Å². The van der Waals surface area contributed by atoms with Crippen molar-refractivity contribution in [2.45, 2.75) is 59.2 Å². The van der Waals surface area contributed by atoms with E-state index in [4.69, 9.17) is 28.4 Å². The number of aromatic nitrogens is 1. The van der Waals surface area contributed by atoms with E-state index in [1.807, 2.05) is 145 Å². The highest BCUT2D eigenvalue weighted by Crippen LogP contribution is 2.43. The van der Waals surface area contributed by atoms with E-state index in [9.17, 15) is 4.79 Å². The Balaban J connectivity index is 1.46. The van der Waals surface area contributed by atoms with Crippen molar-refractivity contribution in [3.63, 3.8) is 0 Å². The number of carbonyl (C=O) groups is 1. The molecule has 0 bridgehead atoms. The summed E-state index contributed by atoms with van der Waals surface area (Å²) < 4.78 is 38.8. The predicted molar refractivity (Wildman–Crippen MR) is 224 cm³/mol. The maximum absolute atomic E-state index is 14.0. The molecule has 6 rings (SSSR count). The Hall–Kier alpha value is -5.77. The van der Waals surface area contributed by atoms with Gasteiger partial charge in [0.2, 0.25) is 0 Å². The molecule has 0 radical (unpaired) electrons. The van der Waals surface area contributed by atoms with Gasteiger partial charge in [-0.05, 0) is 65.1 Å². The summed E-state index contributed by atoms with van der Waals surface area (Å²) >= 11 is 0. The Morgan fingerprint density at radius 1 is 0.625 bits per heavy atom. The molecule has 0 spiro atoms. The Morgan fingerprint density at radius 2 is 1.12 bits per heavy atom. The average Bonchev–Trinajstić information content (AvgIpc) is 3.60. The van der Waals surface area contributed by atoms with Gasteiger partial charge < -0.3 is 33.0 Å². The Kier molecular flexibility index (Phi) is 13.7. The summed E-state index contributed by atoms with van der Waals surface area (Å²) in [6.45, 7) is 10.8.